The van der Waals surface area contributed by atoms with Crippen LogP contribution >= 0.6 is 0 Å². The minimum absolute atomic E-state index is 0.296. The standard InChI is InChI=1S/C17H16N2/c1-2-16(13-18)19-17(14-9-5-3-6-10-14)15-11-7-4-8-12-15/h3-12,16H,2H2,1H3. The minimum Gasteiger partial charge on any atom is -0.266 e. The first-order valence-corrected chi connectivity index (χ1v) is 6.43. The third-order valence-corrected chi connectivity index (χ3v) is 2.92. The Kier molecular flexibility index (Phi) is 4.47. The monoisotopic (exact) mass is 248 g/mol. The first-order chi connectivity index (χ1) is 9.35. The van der Waals surface area contributed by atoms with Crippen molar-refractivity contribution in [2.75, 3.05) is 0 Å². The smallest absolute Gasteiger partial charge is 0.137 e. The Morgan fingerprint density at radius 2 is 1.47 bits per heavy atom. The first-order valence-electron chi connectivity index (χ1n) is 6.43. The summed E-state index contributed by atoms with van der Waals surface area (Å²) in [6, 6.07) is 21.9. The Balaban J connectivity index is 2.49. The van der Waals surface area contributed by atoms with Crippen LogP contribution in [-0.2, 0) is 0 Å². The van der Waals surface area contributed by atoms with Gasteiger partial charge < -0.3 is 0 Å². The molecule has 0 aliphatic rings. The maximum atomic E-state index is 9.11. The predicted octanol–water partition coefficient (Wildman–Crippen LogP) is 3.83. The molecule has 2 heteroatoms. The molecular formula is C17H16N2. The van der Waals surface area contributed by atoms with Crippen LogP contribution in [0, 0.1) is 11.3 Å². The summed E-state index contributed by atoms with van der Waals surface area (Å²) in [5.41, 5.74) is 2.97. The Labute approximate surface area is 114 Å². The number of nitriles is 1. The highest BCUT2D eigenvalue weighted by Crippen LogP contribution is 2.13. The number of aliphatic imine (C=N–C) groups is 1. The highest BCUT2D eigenvalue weighted by atomic mass is 14.8. The van der Waals surface area contributed by atoms with Crippen LogP contribution < -0.4 is 0 Å². The summed E-state index contributed by atoms with van der Waals surface area (Å²) in [4.78, 5) is 4.61. The molecular weight excluding hydrogens is 232 g/mol. The molecule has 2 rings (SSSR count). The largest absolute Gasteiger partial charge is 0.266 e. The van der Waals surface area contributed by atoms with Gasteiger partial charge in [-0.2, -0.15) is 5.26 Å². The molecule has 0 saturated heterocycles. The summed E-state index contributed by atoms with van der Waals surface area (Å²) >= 11 is 0. The second kappa shape index (κ2) is 6.51. The van der Waals surface area contributed by atoms with Crippen LogP contribution in [0.2, 0.25) is 0 Å². The Morgan fingerprint density at radius 1 is 1.00 bits per heavy atom. The fourth-order valence-electron chi connectivity index (χ4n) is 1.88. The van der Waals surface area contributed by atoms with Gasteiger partial charge in [-0.3, -0.25) is 4.99 Å². The van der Waals surface area contributed by atoms with Crippen LogP contribution in [0.15, 0.2) is 65.7 Å². The van der Waals surface area contributed by atoms with Crippen molar-refractivity contribution in [2.45, 2.75) is 19.4 Å². The van der Waals surface area contributed by atoms with Gasteiger partial charge in [-0.25, -0.2) is 0 Å². The van der Waals surface area contributed by atoms with E-state index in [0.29, 0.717) is 0 Å². The van der Waals surface area contributed by atoms with E-state index in [1.165, 1.54) is 0 Å². The molecule has 0 amide bonds. The maximum absolute atomic E-state index is 9.11. The molecule has 0 radical (unpaired) electrons. The third kappa shape index (κ3) is 3.29. The van der Waals surface area contributed by atoms with Crippen molar-refractivity contribution < 1.29 is 0 Å². The van der Waals surface area contributed by atoms with Crippen molar-refractivity contribution in [1.82, 2.24) is 0 Å². The van der Waals surface area contributed by atoms with Crippen LogP contribution in [0.25, 0.3) is 0 Å². The molecule has 0 saturated carbocycles. The normalized spacial score (nSPS) is 11.4. The summed E-state index contributed by atoms with van der Waals surface area (Å²) in [6.45, 7) is 1.98. The summed E-state index contributed by atoms with van der Waals surface area (Å²) in [5.74, 6) is 0. The minimum atomic E-state index is -0.296. The lowest BCUT2D eigenvalue weighted by atomic mass is 10.0. The molecule has 0 bridgehead atoms. The summed E-state index contributed by atoms with van der Waals surface area (Å²) in [7, 11) is 0. The van der Waals surface area contributed by atoms with Crippen LogP contribution in [0.4, 0.5) is 0 Å². The highest BCUT2D eigenvalue weighted by Gasteiger charge is 2.09. The molecule has 0 N–H and O–H groups in total. The van der Waals surface area contributed by atoms with Crippen LogP contribution in [0.1, 0.15) is 24.5 Å². The lowest BCUT2D eigenvalue weighted by Crippen LogP contribution is -2.09. The fourth-order valence-corrected chi connectivity index (χ4v) is 1.88. The second-order valence-electron chi connectivity index (χ2n) is 4.26. The average Bonchev–Trinajstić information content (AvgIpc) is 2.50. The van der Waals surface area contributed by atoms with Gasteiger partial charge in [-0.15, -0.1) is 0 Å². The second-order valence-corrected chi connectivity index (χ2v) is 4.26. The topological polar surface area (TPSA) is 36.1 Å². The van der Waals surface area contributed by atoms with Gasteiger partial charge in [0, 0.05) is 11.1 Å². The molecule has 1 unspecified atom stereocenters. The van der Waals surface area contributed by atoms with Gasteiger partial charge in [-0.1, -0.05) is 67.6 Å². The Hall–Kier alpha value is -2.40. The SMILES string of the molecule is CCC(C#N)N=C(c1ccccc1)c1ccccc1. The molecule has 0 fully saturated rings. The molecule has 0 spiro atoms. The zero-order valence-corrected chi connectivity index (χ0v) is 11.0. The van der Waals surface area contributed by atoms with Crippen molar-refractivity contribution >= 4 is 5.71 Å². The van der Waals surface area contributed by atoms with Gasteiger partial charge in [0.2, 0.25) is 0 Å². The molecule has 0 aromatic heterocycles. The van der Waals surface area contributed by atoms with E-state index in [-0.39, 0.29) is 6.04 Å². The van der Waals surface area contributed by atoms with Gasteiger partial charge >= 0.3 is 0 Å². The molecule has 19 heavy (non-hydrogen) atoms. The van der Waals surface area contributed by atoms with E-state index in [1.807, 2.05) is 67.6 Å². The number of nitrogens with zero attached hydrogens (tertiary/aromatic N) is 2. The molecule has 2 aromatic carbocycles. The molecule has 0 heterocycles. The molecule has 0 aliphatic carbocycles. The number of hydrogen-bond donors (Lipinski definition) is 0. The quantitative estimate of drug-likeness (QED) is 0.757. The van der Waals surface area contributed by atoms with Crippen molar-refractivity contribution in [3.63, 3.8) is 0 Å². The molecule has 94 valence electrons. The maximum Gasteiger partial charge on any atom is 0.137 e. The van der Waals surface area contributed by atoms with Gasteiger partial charge in [0.05, 0.1) is 11.8 Å². The fraction of sp³-hybridized carbons (Fsp3) is 0.176. The van der Waals surface area contributed by atoms with E-state index in [4.69, 9.17) is 5.26 Å². The highest BCUT2D eigenvalue weighted by molar-refractivity contribution is 6.13. The van der Waals surface area contributed by atoms with E-state index < -0.39 is 0 Å². The van der Waals surface area contributed by atoms with Crippen molar-refractivity contribution in [1.29, 1.82) is 5.26 Å². The van der Waals surface area contributed by atoms with Crippen LogP contribution in [0.3, 0.4) is 0 Å². The summed E-state index contributed by atoms with van der Waals surface area (Å²) in [5, 5.41) is 9.11. The number of hydrogen-bond acceptors (Lipinski definition) is 2. The Bertz CT molecular complexity index is 538. The first kappa shape index (κ1) is 13.0. The van der Waals surface area contributed by atoms with E-state index in [1.54, 1.807) is 0 Å². The van der Waals surface area contributed by atoms with Gasteiger partial charge in [0.1, 0.15) is 6.04 Å². The summed E-state index contributed by atoms with van der Waals surface area (Å²) < 4.78 is 0. The zero-order valence-electron chi connectivity index (χ0n) is 11.0. The van der Waals surface area contributed by atoms with E-state index in [0.717, 1.165) is 23.3 Å². The molecule has 2 aromatic rings. The molecule has 1 atom stereocenters. The van der Waals surface area contributed by atoms with Crippen LogP contribution in [-0.4, -0.2) is 11.8 Å². The number of benzene rings is 2. The van der Waals surface area contributed by atoms with Crippen molar-refractivity contribution in [3.05, 3.63) is 71.8 Å². The molecule has 2 nitrogen and oxygen atoms in total. The average molecular weight is 248 g/mol. The van der Waals surface area contributed by atoms with Gasteiger partial charge in [0.15, 0.2) is 0 Å². The van der Waals surface area contributed by atoms with Gasteiger partial charge in [0.25, 0.3) is 0 Å². The Morgan fingerprint density at radius 3 is 1.84 bits per heavy atom. The lowest BCUT2D eigenvalue weighted by Gasteiger charge is -2.09. The van der Waals surface area contributed by atoms with E-state index in [2.05, 4.69) is 11.1 Å². The predicted molar refractivity (Wildman–Crippen MR) is 78.2 cm³/mol. The zero-order chi connectivity index (χ0) is 13.5. The molecule has 0 aliphatic heterocycles. The van der Waals surface area contributed by atoms with E-state index in [9.17, 15) is 0 Å². The number of rotatable bonds is 4. The van der Waals surface area contributed by atoms with Crippen molar-refractivity contribution in [2.24, 2.45) is 4.99 Å². The lowest BCUT2D eigenvalue weighted by molar-refractivity contribution is 0.797. The van der Waals surface area contributed by atoms with Crippen molar-refractivity contribution in [3.8, 4) is 6.07 Å². The third-order valence-electron chi connectivity index (χ3n) is 2.92. The van der Waals surface area contributed by atoms with Gasteiger partial charge in [-0.05, 0) is 6.42 Å². The van der Waals surface area contributed by atoms with Crippen LogP contribution in [0.5, 0.6) is 0 Å². The summed E-state index contributed by atoms with van der Waals surface area (Å²) in [6.07, 6.45) is 0.722. The van der Waals surface area contributed by atoms with E-state index >= 15 is 0 Å².